The number of hydrogen-bond acceptors (Lipinski definition) is 28. The Hall–Kier alpha value is -2.88. The van der Waals surface area contributed by atoms with Crippen molar-refractivity contribution < 1.29 is 143 Å². The van der Waals surface area contributed by atoms with E-state index in [1.54, 1.807) is 0 Å². The molecular formula is C76H147NO30. The number of aliphatic carboxylic acids is 2. The number of ether oxygens (including phenoxy) is 24. The Bertz CT molecular complexity index is 1780. The SMILES string of the molecule is CCCCCCCCCCCC(CCCCCCCCCCC(=O)O)(C(=O)O)C(=O)NCCOCCOCCOCCOCCOCCOCCOCCOCCOCCOCCOCCOCCOCCOCCOCCOCCOCCOCCOCCOCCOCCOCCOCCOCCC=O. The molecule has 0 aliphatic heterocycles. The van der Waals surface area contributed by atoms with Crippen molar-refractivity contribution >= 4 is 24.1 Å². The van der Waals surface area contributed by atoms with Crippen molar-refractivity contribution in [3.8, 4) is 0 Å². The lowest BCUT2D eigenvalue weighted by Crippen LogP contribution is -2.47. The summed E-state index contributed by atoms with van der Waals surface area (Å²) in [6.07, 6.45) is 19.2. The second-order valence-electron chi connectivity index (χ2n) is 24.6. The highest BCUT2D eigenvalue weighted by molar-refractivity contribution is 6.01. The molecule has 0 fully saturated rings. The third-order valence-corrected chi connectivity index (χ3v) is 15.8. The number of hydrogen-bond donors (Lipinski definition) is 3. The molecule has 0 bridgehead atoms. The van der Waals surface area contributed by atoms with Gasteiger partial charge in [0.1, 0.15) is 11.7 Å². The number of amides is 1. The maximum atomic E-state index is 13.6. The van der Waals surface area contributed by atoms with E-state index in [-0.39, 0.29) is 19.6 Å². The van der Waals surface area contributed by atoms with Crippen molar-refractivity contribution in [2.24, 2.45) is 5.41 Å². The second-order valence-corrected chi connectivity index (χ2v) is 24.6. The summed E-state index contributed by atoms with van der Waals surface area (Å²) in [6, 6.07) is 0. The van der Waals surface area contributed by atoms with Crippen LogP contribution in [0.15, 0.2) is 0 Å². The lowest BCUT2D eigenvalue weighted by atomic mass is 9.76. The van der Waals surface area contributed by atoms with Crippen molar-refractivity contribution in [1.29, 1.82) is 0 Å². The van der Waals surface area contributed by atoms with Crippen LogP contribution in [0.4, 0.5) is 0 Å². The minimum atomic E-state index is -1.46. The van der Waals surface area contributed by atoms with Gasteiger partial charge in [-0.3, -0.25) is 14.4 Å². The van der Waals surface area contributed by atoms with Gasteiger partial charge in [-0.1, -0.05) is 110 Å². The van der Waals surface area contributed by atoms with Crippen LogP contribution in [0.25, 0.3) is 0 Å². The first-order valence-corrected chi connectivity index (χ1v) is 39.9. The summed E-state index contributed by atoms with van der Waals surface area (Å²) >= 11 is 0. The quantitative estimate of drug-likeness (QED) is 0.0311. The summed E-state index contributed by atoms with van der Waals surface area (Å²) in [6.45, 7) is 24.4. The minimum absolute atomic E-state index is 0.209. The molecule has 0 saturated heterocycles. The summed E-state index contributed by atoms with van der Waals surface area (Å²) in [5.41, 5.74) is -1.46. The van der Waals surface area contributed by atoms with Crippen LogP contribution < -0.4 is 5.32 Å². The number of rotatable bonds is 98. The van der Waals surface area contributed by atoms with E-state index in [9.17, 15) is 24.3 Å². The monoisotopic (exact) mass is 1550 g/mol. The van der Waals surface area contributed by atoms with E-state index in [0.29, 0.717) is 349 Å². The standard InChI is InChI=1S/C76H147NO30/c1-2-3-4-5-6-8-11-14-17-21-76(75(82)83,22-18-15-12-9-7-10-13-16-20-73(79)80)74(81)77-23-26-85-28-30-87-32-34-89-36-38-91-40-42-93-44-46-95-48-50-97-52-54-99-56-58-101-60-62-103-64-66-105-68-70-107-72-71-106-69-67-104-65-63-102-61-59-100-57-55-98-53-51-96-49-47-94-45-43-92-41-39-90-37-35-88-33-31-86-29-27-84-25-19-24-78/h24H,2-23,25-72H2,1H3,(H,77,81)(H,79,80)(H,82,83). The van der Waals surface area contributed by atoms with E-state index in [4.69, 9.17) is 119 Å². The van der Waals surface area contributed by atoms with Gasteiger partial charge in [0.15, 0.2) is 0 Å². The third-order valence-electron chi connectivity index (χ3n) is 15.8. The van der Waals surface area contributed by atoms with Crippen molar-refractivity contribution in [3.63, 3.8) is 0 Å². The van der Waals surface area contributed by atoms with Crippen molar-refractivity contribution in [2.75, 3.05) is 324 Å². The van der Waals surface area contributed by atoms with Gasteiger partial charge in [0, 0.05) is 19.4 Å². The molecule has 1 amide bonds. The zero-order valence-corrected chi connectivity index (χ0v) is 65.9. The highest BCUT2D eigenvalue weighted by Gasteiger charge is 2.44. The molecule has 0 aromatic heterocycles. The van der Waals surface area contributed by atoms with Crippen LogP contribution in [0, 0.1) is 5.41 Å². The molecule has 0 spiro atoms. The molecule has 107 heavy (non-hydrogen) atoms. The number of carboxylic acids is 2. The van der Waals surface area contributed by atoms with E-state index >= 15 is 0 Å². The van der Waals surface area contributed by atoms with Crippen LogP contribution in [0.2, 0.25) is 0 Å². The van der Waals surface area contributed by atoms with Crippen LogP contribution >= 0.6 is 0 Å². The van der Waals surface area contributed by atoms with E-state index < -0.39 is 23.3 Å². The number of carboxylic acid groups (broad SMARTS) is 2. The summed E-state index contributed by atoms with van der Waals surface area (Å²) in [5, 5.41) is 22.2. The summed E-state index contributed by atoms with van der Waals surface area (Å²) < 4.78 is 132. The largest absolute Gasteiger partial charge is 0.481 e. The van der Waals surface area contributed by atoms with Crippen molar-refractivity contribution in [1.82, 2.24) is 5.32 Å². The van der Waals surface area contributed by atoms with Crippen molar-refractivity contribution in [3.05, 3.63) is 0 Å². The number of nitrogens with one attached hydrogen (secondary N) is 1. The van der Waals surface area contributed by atoms with Crippen LogP contribution in [0.5, 0.6) is 0 Å². The van der Waals surface area contributed by atoms with Gasteiger partial charge in [-0.05, 0) is 19.3 Å². The van der Waals surface area contributed by atoms with Gasteiger partial charge in [-0.15, -0.1) is 0 Å². The summed E-state index contributed by atoms with van der Waals surface area (Å²) in [4.78, 5) is 47.3. The smallest absolute Gasteiger partial charge is 0.319 e. The molecule has 31 heteroatoms. The van der Waals surface area contributed by atoms with E-state index in [0.717, 1.165) is 64.1 Å². The zero-order chi connectivity index (χ0) is 77.1. The van der Waals surface area contributed by atoms with E-state index in [1.165, 1.54) is 32.1 Å². The average Bonchev–Trinajstić information content (AvgIpc) is 0.819. The molecule has 0 aromatic carbocycles. The average molecular weight is 1550 g/mol. The maximum Gasteiger partial charge on any atom is 0.319 e. The molecule has 0 rings (SSSR count). The lowest BCUT2D eigenvalue weighted by Gasteiger charge is -2.28. The highest BCUT2D eigenvalue weighted by Crippen LogP contribution is 2.33. The topological polar surface area (TPSA) is 342 Å². The molecule has 1 atom stereocenters. The van der Waals surface area contributed by atoms with Crippen LogP contribution in [0.3, 0.4) is 0 Å². The molecule has 0 aromatic rings. The van der Waals surface area contributed by atoms with Gasteiger partial charge >= 0.3 is 11.9 Å². The predicted octanol–water partition coefficient (Wildman–Crippen LogP) is 7.07. The first kappa shape index (κ1) is 104. The first-order chi connectivity index (χ1) is 52.9. The number of aldehydes is 1. The van der Waals surface area contributed by atoms with Gasteiger partial charge < -0.3 is 134 Å². The van der Waals surface area contributed by atoms with Crippen LogP contribution in [-0.4, -0.2) is 358 Å². The fourth-order valence-corrected chi connectivity index (χ4v) is 9.86. The first-order valence-electron chi connectivity index (χ1n) is 39.9. The number of carbonyl (C=O) groups is 4. The molecule has 0 radical (unpaired) electrons. The fraction of sp³-hybridized carbons (Fsp3) is 0.947. The number of unbranched alkanes of at least 4 members (excludes halogenated alkanes) is 15. The Morgan fingerprint density at radius 2 is 0.430 bits per heavy atom. The molecule has 0 aliphatic rings. The number of carbonyl (C=O) groups excluding carboxylic acids is 2. The fourth-order valence-electron chi connectivity index (χ4n) is 9.86. The molecule has 0 aliphatic carbocycles. The second kappa shape index (κ2) is 92.0. The normalized spacial score (nSPS) is 12.2. The molecule has 0 heterocycles. The Balaban J connectivity index is 3.41. The summed E-state index contributed by atoms with van der Waals surface area (Å²) in [5.74, 6) is -2.24. The molecule has 3 N–H and O–H groups in total. The van der Waals surface area contributed by atoms with Crippen LogP contribution in [0.1, 0.15) is 142 Å². The van der Waals surface area contributed by atoms with E-state index in [2.05, 4.69) is 12.2 Å². The molecule has 0 saturated carbocycles. The Kier molecular flexibility index (Phi) is 89.5. The molecule has 31 nitrogen and oxygen atoms in total. The van der Waals surface area contributed by atoms with Gasteiger partial charge in [0.25, 0.3) is 0 Å². The van der Waals surface area contributed by atoms with Gasteiger partial charge in [-0.2, -0.15) is 0 Å². The van der Waals surface area contributed by atoms with Gasteiger partial charge in [-0.25, -0.2) is 0 Å². The predicted molar refractivity (Wildman–Crippen MR) is 399 cm³/mol. The van der Waals surface area contributed by atoms with E-state index in [1.807, 2.05) is 0 Å². The van der Waals surface area contributed by atoms with Gasteiger partial charge in [0.2, 0.25) is 5.91 Å². The Labute approximate surface area is 641 Å². The Morgan fingerprint density at radius 3 is 0.617 bits per heavy atom. The van der Waals surface area contributed by atoms with Gasteiger partial charge in [0.05, 0.1) is 317 Å². The van der Waals surface area contributed by atoms with Crippen molar-refractivity contribution in [2.45, 2.75) is 142 Å². The molecule has 1 unspecified atom stereocenters. The Morgan fingerprint density at radius 1 is 0.252 bits per heavy atom. The highest BCUT2D eigenvalue weighted by atomic mass is 16.6. The maximum absolute atomic E-state index is 13.6. The lowest BCUT2D eigenvalue weighted by molar-refractivity contribution is -0.157. The molecule has 636 valence electrons. The minimum Gasteiger partial charge on any atom is -0.481 e. The van der Waals surface area contributed by atoms with Crippen LogP contribution in [-0.2, 0) is 133 Å². The third kappa shape index (κ3) is 83.9. The zero-order valence-electron chi connectivity index (χ0n) is 65.9. The summed E-state index contributed by atoms with van der Waals surface area (Å²) in [7, 11) is 0. The molecular weight excluding hydrogens is 1410 g/mol.